The summed E-state index contributed by atoms with van der Waals surface area (Å²) in [6, 6.07) is 10.1. The van der Waals surface area contributed by atoms with Crippen LogP contribution in [-0.2, 0) is 4.79 Å². The first-order valence-electron chi connectivity index (χ1n) is 7.79. The number of carbonyl (C=O) groups excluding carboxylic acids is 1. The number of amides is 1. The molecule has 0 saturated carbocycles. The average molecular weight is 340 g/mol. The topological polar surface area (TPSA) is 51.2 Å². The maximum atomic E-state index is 12.1. The average Bonchev–Trinajstić information content (AvgIpc) is 2.86. The highest BCUT2D eigenvalue weighted by molar-refractivity contribution is 7.22. The van der Waals surface area contributed by atoms with Crippen LogP contribution in [0.3, 0.4) is 0 Å². The van der Waals surface area contributed by atoms with Crippen LogP contribution in [-0.4, -0.2) is 17.5 Å². The van der Waals surface area contributed by atoms with Crippen molar-refractivity contribution in [3.63, 3.8) is 0 Å². The maximum Gasteiger partial charge on any atom is 0.264 e. The first kappa shape index (κ1) is 16.5. The Hall–Kier alpha value is -2.40. The zero-order chi connectivity index (χ0) is 17.3. The lowest BCUT2D eigenvalue weighted by Crippen LogP contribution is -2.20. The van der Waals surface area contributed by atoms with Gasteiger partial charge in [0.2, 0.25) is 0 Å². The number of hydrogen-bond donors (Lipinski definition) is 1. The van der Waals surface area contributed by atoms with Crippen LogP contribution in [0.1, 0.15) is 22.3 Å². The Morgan fingerprint density at radius 1 is 1.04 bits per heavy atom. The van der Waals surface area contributed by atoms with E-state index in [0.29, 0.717) is 10.9 Å². The third-order valence-corrected chi connectivity index (χ3v) is 4.56. The van der Waals surface area contributed by atoms with E-state index in [2.05, 4.69) is 35.4 Å². The Balaban J connectivity index is 1.67. The molecule has 1 amide bonds. The van der Waals surface area contributed by atoms with Crippen molar-refractivity contribution < 1.29 is 9.53 Å². The van der Waals surface area contributed by atoms with Gasteiger partial charge in [0.25, 0.3) is 5.91 Å². The van der Waals surface area contributed by atoms with Crippen LogP contribution in [0.15, 0.2) is 30.3 Å². The number of aromatic nitrogens is 1. The van der Waals surface area contributed by atoms with Crippen LogP contribution in [0.2, 0.25) is 0 Å². The van der Waals surface area contributed by atoms with Crippen molar-refractivity contribution >= 4 is 32.6 Å². The number of rotatable bonds is 4. The van der Waals surface area contributed by atoms with Crippen molar-refractivity contribution in [2.75, 3.05) is 11.9 Å². The van der Waals surface area contributed by atoms with E-state index < -0.39 is 0 Å². The number of benzene rings is 2. The molecular formula is C19H20N2O2S. The molecule has 4 nitrogen and oxygen atoms in total. The highest BCUT2D eigenvalue weighted by Crippen LogP contribution is 2.29. The summed E-state index contributed by atoms with van der Waals surface area (Å²) >= 11 is 1.48. The highest BCUT2D eigenvalue weighted by atomic mass is 32.1. The molecule has 1 aromatic heterocycles. The van der Waals surface area contributed by atoms with Crippen molar-refractivity contribution in [1.29, 1.82) is 0 Å². The molecule has 0 fully saturated rings. The monoisotopic (exact) mass is 340 g/mol. The van der Waals surface area contributed by atoms with E-state index in [-0.39, 0.29) is 12.5 Å². The summed E-state index contributed by atoms with van der Waals surface area (Å²) < 4.78 is 6.66. The molecule has 1 heterocycles. The Kier molecular flexibility index (Phi) is 4.53. The third-order valence-electron chi connectivity index (χ3n) is 3.64. The van der Waals surface area contributed by atoms with Gasteiger partial charge in [-0.25, -0.2) is 4.98 Å². The molecule has 0 aliphatic heterocycles. The molecule has 0 atom stereocenters. The molecule has 0 radical (unpaired) electrons. The number of aryl methyl sites for hydroxylation is 4. The number of anilines is 1. The molecule has 0 spiro atoms. The van der Waals surface area contributed by atoms with E-state index in [1.165, 1.54) is 16.9 Å². The Morgan fingerprint density at radius 3 is 2.42 bits per heavy atom. The molecule has 0 aliphatic rings. The summed E-state index contributed by atoms with van der Waals surface area (Å²) in [5, 5.41) is 3.43. The van der Waals surface area contributed by atoms with Crippen LogP contribution < -0.4 is 10.1 Å². The van der Waals surface area contributed by atoms with Gasteiger partial charge in [0.05, 0.1) is 10.2 Å². The zero-order valence-electron chi connectivity index (χ0n) is 14.3. The van der Waals surface area contributed by atoms with E-state index in [9.17, 15) is 4.79 Å². The minimum absolute atomic E-state index is 0.0309. The Labute approximate surface area is 145 Å². The molecule has 0 bridgehead atoms. The fourth-order valence-electron chi connectivity index (χ4n) is 2.74. The van der Waals surface area contributed by atoms with Gasteiger partial charge in [-0.3, -0.25) is 10.1 Å². The van der Waals surface area contributed by atoms with Gasteiger partial charge in [-0.1, -0.05) is 23.5 Å². The predicted octanol–water partition coefficient (Wildman–Crippen LogP) is 4.55. The van der Waals surface area contributed by atoms with Gasteiger partial charge in [0, 0.05) is 0 Å². The summed E-state index contributed by atoms with van der Waals surface area (Å²) in [4.78, 5) is 16.6. The summed E-state index contributed by atoms with van der Waals surface area (Å²) in [6.45, 7) is 8.07. The van der Waals surface area contributed by atoms with E-state index in [4.69, 9.17) is 4.74 Å². The second kappa shape index (κ2) is 6.61. The van der Waals surface area contributed by atoms with Gasteiger partial charge < -0.3 is 4.74 Å². The van der Waals surface area contributed by atoms with Crippen LogP contribution >= 0.6 is 11.3 Å². The normalized spacial score (nSPS) is 10.8. The molecule has 5 heteroatoms. The second-order valence-corrected chi connectivity index (χ2v) is 7.14. The summed E-state index contributed by atoms with van der Waals surface area (Å²) in [7, 11) is 0. The molecule has 1 N–H and O–H groups in total. The molecule has 3 rings (SSSR count). The SMILES string of the molecule is Cc1cc(C)cc(OCC(=O)Nc2nc3c(C)cc(C)cc3s2)c1. The fraction of sp³-hybridized carbons (Fsp3) is 0.263. The number of carbonyl (C=O) groups is 1. The molecule has 0 unspecified atom stereocenters. The van der Waals surface area contributed by atoms with E-state index in [1.54, 1.807) is 0 Å². The summed E-state index contributed by atoms with van der Waals surface area (Å²) in [5.41, 5.74) is 5.48. The predicted molar refractivity (Wildman–Crippen MR) is 99.1 cm³/mol. The Morgan fingerprint density at radius 2 is 1.71 bits per heavy atom. The van der Waals surface area contributed by atoms with Crippen molar-refractivity contribution in [3.8, 4) is 5.75 Å². The molecule has 2 aromatic carbocycles. The number of hydrogen-bond acceptors (Lipinski definition) is 4. The van der Waals surface area contributed by atoms with Crippen LogP contribution in [0.25, 0.3) is 10.2 Å². The fourth-order valence-corrected chi connectivity index (χ4v) is 3.80. The van der Waals surface area contributed by atoms with Gasteiger partial charge in [-0.2, -0.15) is 0 Å². The number of nitrogens with zero attached hydrogens (tertiary/aromatic N) is 1. The molecule has 0 saturated heterocycles. The third kappa shape index (κ3) is 3.74. The smallest absolute Gasteiger partial charge is 0.264 e. The largest absolute Gasteiger partial charge is 0.484 e. The van der Waals surface area contributed by atoms with Crippen LogP contribution in [0.4, 0.5) is 5.13 Å². The number of ether oxygens (including phenoxy) is 1. The molecule has 24 heavy (non-hydrogen) atoms. The molecule has 124 valence electrons. The highest BCUT2D eigenvalue weighted by Gasteiger charge is 2.10. The van der Waals surface area contributed by atoms with Crippen molar-refractivity contribution in [3.05, 3.63) is 52.6 Å². The minimum atomic E-state index is -0.206. The van der Waals surface area contributed by atoms with Gasteiger partial charge in [0.15, 0.2) is 11.7 Å². The van der Waals surface area contributed by atoms with Gasteiger partial charge >= 0.3 is 0 Å². The minimum Gasteiger partial charge on any atom is -0.484 e. The second-order valence-electron chi connectivity index (χ2n) is 6.11. The lowest BCUT2D eigenvalue weighted by Gasteiger charge is -2.07. The van der Waals surface area contributed by atoms with E-state index in [1.807, 2.05) is 32.9 Å². The first-order chi connectivity index (χ1) is 11.4. The standard InChI is InChI=1S/C19H20N2O2S/c1-11-5-12(2)8-15(7-11)23-10-17(22)20-19-21-18-14(4)6-13(3)9-16(18)24-19/h5-9H,10H2,1-4H3,(H,20,21,22). The van der Waals surface area contributed by atoms with Crippen LogP contribution in [0, 0.1) is 27.7 Å². The number of thiazole rings is 1. The molecule has 0 aliphatic carbocycles. The quantitative estimate of drug-likeness (QED) is 0.758. The summed E-state index contributed by atoms with van der Waals surface area (Å²) in [6.07, 6.45) is 0. The van der Waals surface area contributed by atoms with Gasteiger partial charge in [-0.15, -0.1) is 0 Å². The van der Waals surface area contributed by atoms with E-state index >= 15 is 0 Å². The lowest BCUT2D eigenvalue weighted by atomic mass is 10.1. The maximum absolute atomic E-state index is 12.1. The zero-order valence-corrected chi connectivity index (χ0v) is 15.1. The number of fused-ring (bicyclic) bond motifs is 1. The van der Waals surface area contributed by atoms with Crippen LogP contribution in [0.5, 0.6) is 5.75 Å². The van der Waals surface area contributed by atoms with Gasteiger partial charge in [-0.05, 0) is 68.1 Å². The van der Waals surface area contributed by atoms with E-state index in [0.717, 1.165) is 26.9 Å². The first-order valence-corrected chi connectivity index (χ1v) is 8.61. The summed E-state index contributed by atoms with van der Waals surface area (Å²) in [5.74, 6) is 0.501. The van der Waals surface area contributed by atoms with Crippen molar-refractivity contribution in [1.82, 2.24) is 4.98 Å². The van der Waals surface area contributed by atoms with Gasteiger partial charge in [0.1, 0.15) is 5.75 Å². The molecule has 3 aromatic rings. The van der Waals surface area contributed by atoms with Crippen molar-refractivity contribution in [2.24, 2.45) is 0 Å². The number of nitrogens with one attached hydrogen (secondary N) is 1. The van der Waals surface area contributed by atoms with Crippen molar-refractivity contribution in [2.45, 2.75) is 27.7 Å². The Bertz CT molecular complexity index is 895. The lowest BCUT2D eigenvalue weighted by molar-refractivity contribution is -0.118. The molecular weight excluding hydrogens is 320 g/mol.